The van der Waals surface area contributed by atoms with E-state index in [-0.39, 0.29) is 11.3 Å². The number of aryl methyl sites for hydroxylation is 2. The molecule has 0 N–H and O–H groups in total. The second kappa shape index (κ2) is 4.68. The molecule has 0 atom stereocenters. The summed E-state index contributed by atoms with van der Waals surface area (Å²) >= 11 is 0. The fourth-order valence-corrected chi connectivity index (χ4v) is 1.87. The molecule has 0 aliphatic carbocycles. The molecule has 0 saturated heterocycles. The van der Waals surface area contributed by atoms with Gasteiger partial charge in [0.05, 0.1) is 7.11 Å². The highest BCUT2D eigenvalue weighted by Crippen LogP contribution is 2.32. The summed E-state index contributed by atoms with van der Waals surface area (Å²) in [7, 11) is 1.29. The Labute approximate surface area is 103 Å². The van der Waals surface area contributed by atoms with Gasteiger partial charge in [0.15, 0.2) is 11.6 Å². The van der Waals surface area contributed by atoms with Gasteiger partial charge in [-0.25, -0.2) is 14.4 Å². The minimum atomic E-state index is -1.00. The van der Waals surface area contributed by atoms with Crippen LogP contribution < -0.4 is 4.74 Å². The molecule has 2 rings (SSSR count). The van der Waals surface area contributed by atoms with Crippen molar-refractivity contribution in [2.75, 3.05) is 7.11 Å². The summed E-state index contributed by atoms with van der Waals surface area (Å²) in [5.41, 5.74) is 1.86. The molecule has 2 aromatic rings. The molecule has 1 aromatic carbocycles. The Morgan fingerprint density at radius 3 is 2.17 bits per heavy atom. The summed E-state index contributed by atoms with van der Waals surface area (Å²) in [5.74, 6) is -2.07. The van der Waals surface area contributed by atoms with Gasteiger partial charge in [0.1, 0.15) is 6.33 Å². The van der Waals surface area contributed by atoms with Crippen molar-refractivity contribution in [3.05, 3.63) is 41.5 Å². The molecule has 0 radical (unpaired) electrons. The Morgan fingerprint density at radius 2 is 1.61 bits per heavy atom. The van der Waals surface area contributed by atoms with Gasteiger partial charge in [-0.05, 0) is 26.0 Å². The second-order valence-electron chi connectivity index (χ2n) is 3.86. The molecule has 0 fully saturated rings. The van der Waals surface area contributed by atoms with E-state index in [1.807, 2.05) is 0 Å². The van der Waals surface area contributed by atoms with Gasteiger partial charge in [-0.1, -0.05) is 0 Å². The molecule has 94 valence electrons. The normalized spacial score (nSPS) is 10.5. The van der Waals surface area contributed by atoms with Crippen molar-refractivity contribution in [2.45, 2.75) is 13.8 Å². The van der Waals surface area contributed by atoms with Gasteiger partial charge in [-0.15, -0.1) is 0 Å². The van der Waals surface area contributed by atoms with E-state index in [9.17, 15) is 8.78 Å². The minimum Gasteiger partial charge on any atom is -0.494 e. The van der Waals surface area contributed by atoms with Gasteiger partial charge in [0.2, 0.25) is 5.82 Å². The average Bonchev–Trinajstić information content (AvgIpc) is 2.34. The third kappa shape index (κ3) is 1.92. The lowest BCUT2D eigenvalue weighted by Gasteiger charge is -2.11. The standard InChI is InChI=1S/C13H12F2N2O/c1-7-11(8(2)17-6-16-7)9-4-5-10(18-3)13(15)12(9)14/h4-6H,1-3H3. The summed E-state index contributed by atoms with van der Waals surface area (Å²) in [6, 6.07) is 2.86. The lowest BCUT2D eigenvalue weighted by molar-refractivity contribution is 0.372. The zero-order chi connectivity index (χ0) is 13.3. The van der Waals surface area contributed by atoms with Crippen LogP contribution in [-0.4, -0.2) is 17.1 Å². The molecular weight excluding hydrogens is 238 g/mol. The van der Waals surface area contributed by atoms with Crippen LogP contribution in [0, 0.1) is 25.5 Å². The van der Waals surface area contributed by atoms with E-state index in [1.54, 1.807) is 13.8 Å². The van der Waals surface area contributed by atoms with Gasteiger partial charge in [-0.2, -0.15) is 4.39 Å². The van der Waals surface area contributed by atoms with Gasteiger partial charge in [0.25, 0.3) is 0 Å². The van der Waals surface area contributed by atoms with Crippen molar-refractivity contribution < 1.29 is 13.5 Å². The molecule has 0 amide bonds. The zero-order valence-corrected chi connectivity index (χ0v) is 10.3. The first-order valence-corrected chi connectivity index (χ1v) is 5.36. The van der Waals surface area contributed by atoms with E-state index >= 15 is 0 Å². The van der Waals surface area contributed by atoms with Crippen molar-refractivity contribution in [3.63, 3.8) is 0 Å². The van der Waals surface area contributed by atoms with Gasteiger partial charge < -0.3 is 4.74 Å². The van der Waals surface area contributed by atoms with E-state index in [0.717, 1.165) is 0 Å². The predicted molar refractivity (Wildman–Crippen MR) is 63.4 cm³/mol. The average molecular weight is 250 g/mol. The van der Waals surface area contributed by atoms with Crippen LogP contribution in [0.5, 0.6) is 5.75 Å². The summed E-state index contributed by atoms with van der Waals surface area (Å²) in [4.78, 5) is 8.00. The predicted octanol–water partition coefficient (Wildman–Crippen LogP) is 3.05. The van der Waals surface area contributed by atoms with Crippen LogP contribution in [0.2, 0.25) is 0 Å². The number of halogens is 2. The lowest BCUT2D eigenvalue weighted by atomic mass is 10.0. The number of rotatable bonds is 2. The molecule has 0 saturated carbocycles. The smallest absolute Gasteiger partial charge is 0.201 e. The van der Waals surface area contributed by atoms with E-state index in [0.29, 0.717) is 17.0 Å². The third-order valence-electron chi connectivity index (χ3n) is 2.76. The van der Waals surface area contributed by atoms with Crippen molar-refractivity contribution in [1.82, 2.24) is 9.97 Å². The van der Waals surface area contributed by atoms with Crippen LogP contribution in [0.4, 0.5) is 8.78 Å². The fourth-order valence-electron chi connectivity index (χ4n) is 1.87. The Hall–Kier alpha value is -2.04. The van der Waals surface area contributed by atoms with Crippen molar-refractivity contribution in [3.8, 4) is 16.9 Å². The Morgan fingerprint density at radius 1 is 1.00 bits per heavy atom. The highest BCUT2D eigenvalue weighted by Gasteiger charge is 2.18. The second-order valence-corrected chi connectivity index (χ2v) is 3.86. The first-order chi connectivity index (χ1) is 8.56. The SMILES string of the molecule is COc1ccc(-c2c(C)ncnc2C)c(F)c1F. The fraction of sp³-hybridized carbons (Fsp3) is 0.231. The number of methoxy groups -OCH3 is 1. The zero-order valence-electron chi connectivity index (χ0n) is 10.3. The van der Waals surface area contributed by atoms with E-state index in [4.69, 9.17) is 4.74 Å². The van der Waals surface area contributed by atoms with E-state index in [2.05, 4.69) is 9.97 Å². The number of benzene rings is 1. The van der Waals surface area contributed by atoms with Crippen molar-refractivity contribution in [1.29, 1.82) is 0 Å². The molecule has 5 heteroatoms. The molecule has 1 aromatic heterocycles. The summed E-state index contributed by atoms with van der Waals surface area (Å²) in [5, 5.41) is 0. The molecule has 0 aliphatic rings. The van der Waals surface area contributed by atoms with Crippen LogP contribution in [0.25, 0.3) is 11.1 Å². The first kappa shape index (κ1) is 12.4. The summed E-state index contributed by atoms with van der Waals surface area (Å²) < 4.78 is 32.4. The highest BCUT2D eigenvalue weighted by molar-refractivity contribution is 5.69. The Bertz CT molecular complexity index is 580. The Kier molecular flexibility index (Phi) is 3.23. The molecule has 3 nitrogen and oxygen atoms in total. The van der Waals surface area contributed by atoms with Crippen molar-refractivity contribution in [2.24, 2.45) is 0 Å². The topological polar surface area (TPSA) is 35.0 Å². The molecule has 18 heavy (non-hydrogen) atoms. The highest BCUT2D eigenvalue weighted by atomic mass is 19.2. The molecule has 0 spiro atoms. The minimum absolute atomic E-state index is 0.122. The first-order valence-electron chi connectivity index (χ1n) is 5.36. The molecular formula is C13H12F2N2O. The summed E-state index contributed by atoms with van der Waals surface area (Å²) in [6.07, 6.45) is 1.39. The Balaban J connectivity index is 2.69. The van der Waals surface area contributed by atoms with Crippen LogP contribution >= 0.6 is 0 Å². The number of nitrogens with zero attached hydrogens (tertiary/aromatic N) is 2. The molecule has 0 unspecified atom stereocenters. The largest absolute Gasteiger partial charge is 0.494 e. The number of ether oxygens (including phenoxy) is 1. The van der Waals surface area contributed by atoms with Crippen molar-refractivity contribution >= 4 is 0 Å². The summed E-state index contributed by atoms with van der Waals surface area (Å²) in [6.45, 7) is 3.46. The maximum Gasteiger partial charge on any atom is 0.201 e. The van der Waals surface area contributed by atoms with Crippen LogP contribution in [0.1, 0.15) is 11.4 Å². The third-order valence-corrected chi connectivity index (χ3v) is 2.76. The maximum absolute atomic E-state index is 14.0. The molecule has 0 aliphatic heterocycles. The lowest BCUT2D eigenvalue weighted by Crippen LogP contribution is -2.00. The number of hydrogen-bond acceptors (Lipinski definition) is 3. The van der Waals surface area contributed by atoms with E-state index in [1.165, 1.54) is 25.6 Å². The van der Waals surface area contributed by atoms with Gasteiger partial charge in [0, 0.05) is 22.5 Å². The maximum atomic E-state index is 14.0. The van der Waals surface area contributed by atoms with Gasteiger partial charge in [-0.3, -0.25) is 0 Å². The quantitative estimate of drug-likeness (QED) is 0.821. The number of aromatic nitrogens is 2. The van der Waals surface area contributed by atoms with Gasteiger partial charge >= 0.3 is 0 Å². The molecule has 1 heterocycles. The van der Waals surface area contributed by atoms with E-state index < -0.39 is 11.6 Å². The van der Waals surface area contributed by atoms with Crippen LogP contribution in [-0.2, 0) is 0 Å². The van der Waals surface area contributed by atoms with Crippen LogP contribution in [0.15, 0.2) is 18.5 Å². The molecule has 0 bridgehead atoms. The monoisotopic (exact) mass is 250 g/mol. The number of hydrogen-bond donors (Lipinski definition) is 0. The van der Waals surface area contributed by atoms with Crippen LogP contribution in [0.3, 0.4) is 0 Å².